The Morgan fingerprint density at radius 2 is 2.22 bits per heavy atom. The minimum Gasteiger partial charge on any atom is -0.448 e. The molecule has 1 amide bonds. The maximum absolute atomic E-state index is 12.3. The number of carbonyl (C=O) groups is 1. The molecule has 0 radical (unpaired) electrons. The summed E-state index contributed by atoms with van der Waals surface area (Å²) in [6.07, 6.45) is 5.61. The number of hydrogen-bond donors (Lipinski definition) is 0. The van der Waals surface area contributed by atoms with E-state index in [1.165, 1.54) is 12.0 Å². The molecule has 0 N–H and O–H groups in total. The third kappa shape index (κ3) is 3.02. The quantitative estimate of drug-likeness (QED) is 0.741. The summed E-state index contributed by atoms with van der Waals surface area (Å²) in [6.45, 7) is 14.3. The van der Waals surface area contributed by atoms with Gasteiger partial charge in [-0.2, -0.15) is 0 Å². The first kappa shape index (κ1) is 16.8. The second-order valence-electron chi connectivity index (χ2n) is 8.09. The molecule has 23 heavy (non-hydrogen) atoms. The molecule has 0 spiro atoms. The summed E-state index contributed by atoms with van der Waals surface area (Å²) in [5.74, 6) is 1.27. The summed E-state index contributed by atoms with van der Waals surface area (Å²) >= 11 is 0. The summed E-state index contributed by atoms with van der Waals surface area (Å²) in [5, 5.41) is 0. The Hall–Kier alpha value is -1.03. The van der Waals surface area contributed by atoms with Crippen molar-refractivity contribution in [3.8, 4) is 0 Å². The Kier molecular flexibility index (Phi) is 4.73. The van der Waals surface area contributed by atoms with Crippen LogP contribution < -0.4 is 0 Å². The number of rotatable bonds is 4. The third-order valence-electron chi connectivity index (χ3n) is 6.47. The summed E-state index contributed by atoms with van der Waals surface area (Å²) in [4.78, 5) is 16.8. The van der Waals surface area contributed by atoms with Gasteiger partial charge < -0.3 is 9.64 Å². The van der Waals surface area contributed by atoms with Gasteiger partial charge >= 0.3 is 6.09 Å². The van der Waals surface area contributed by atoms with Crippen molar-refractivity contribution in [1.29, 1.82) is 0 Å². The fourth-order valence-corrected chi connectivity index (χ4v) is 4.87. The van der Waals surface area contributed by atoms with Crippen LogP contribution in [0.4, 0.5) is 4.79 Å². The molecule has 3 rings (SSSR count). The van der Waals surface area contributed by atoms with Crippen molar-refractivity contribution in [3.05, 3.63) is 12.2 Å². The Labute approximate surface area is 140 Å². The van der Waals surface area contributed by atoms with Crippen LogP contribution in [0.1, 0.15) is 52.9 Å². The second kappa shape index (κ2) is 6.46. The number of likely N-dealkylation sites (tertiary alicyclic amines) is 1. The lowest BCUT2D eigenvalue weighted by molar-refractivity contribution is 0.0507. The fourth-order valence-electron chi connectivity index (χ4n) is 4.87. The van der Waals surface area contributed by atoms with Gasteiger partial charge in [-0.25, -0.2) is 4.79 Å². The Morgan fingerprint density at radius 3 is 2.87 bits per heavy atom. The fraction of sp³-hybridized carbons (Fsp3) is 0.842. The topological polar surface area (TPSA) is 32.8 Å². The van der Waals surface area contributed by atoms with Gasteiger partial charge in [0.25, 0.3) is 0 Å². The van der Waals surface area contributed by atoms with Crippen molar-refractivity contribution >= 4 is 6.09 Å². The van der Waals surface area contributed by atoms with Crippen LogP contribution in [0.25, 0.3) is 0 Å². The first-order chi connectivity index (χ1) is 11.0. The van der Waals surface area contributed by atoms with Gasteiger partial charge in [-0.15, -0.1) is 0 Å². The number of fused-ring (bicyclic) bond motifs is 1. The van der Waals surface area contributed by atoms with Crippen LogP contribution in [0, 0.1) is 11.8 Å². The Morgan fingerprint density at radius 1 is 1.43 bits per heavy atom. The maximum atomic E-state index is 12.3. The molecule has 0 saturated carbocycles. The smallest absolute Gasteiger partial charge is 0.409 e. The lowest BCUT2D eigenvalue weighted by Crippen LogP contribution is -2.47. The van der Waals surface area contributed by atoms with Crippen LogP contribution >= 0.6 is 0 Å². The lowest BCUT2D eigenvalue weighted by Gasteiger charge is -2.38. The molecule has 3 atom stereocenters. The van der Waals surface area contributed by atoms with Crippen molar-refractivity contribution < 1.29 is 9.53 Å². The number of hydrogen-bond acceptors (Lipinski definition) is 3. The highest BCUT2D eigenvalue weighted by molar-refractivity contribution is 5.68. The van der Waals surface area contributed by atoms with Gasteiger partial charge in [0.1, 0.15) is 6.61 Å². The monoisotopic (exact) mass is 320 g/mol. The van der Waals surface area contributed by atoms with E-state index in [9.17, 15) is 4.79 Å². The summed E-state index contributed by atoms with van der Waals surface area (Å²) in [7, 11) is 0. The van der Waals surface area contributed by atoms with Crippen molar-refractivity contribution in [2.45, 2.75) is 64.5 Å². The number of amides is 1. The molecule has 0 bridgehead atoms. The molecule has 0 aromatic rings. The van der Waals surface area contributed by atoms with Crippen molar-refractivity contribution in [1.82, 2.24) is 9.80 Å². The highest BCUT2D eigenvalue weighted by Gasteiger charge is 2.52. The molecule has 130 valence electrons. The molecule has 3 unspecified atom stereocenters. The molecule has 3 heterocycles. The van der Waals surface area contributed by atoms with Gasteiger partial charge in [0.15, 0.2) is 0 Å². The van der Waals surface area contributed by atoms with E-state index in [1.54, 1.807) is 0 Å². The average molecular weight is 320 g/mol. The van der Waals surface area contributed by atoms with E-state index in [-0.39, 0.29) is 11.6 Å². The molecule has 3 aliphatic rings. The molecule has 0 aromatic heterocycles. The molecule has 3 saturated heterocycles. The normalized spacial score (nSPS) is 34.4. The van der Waals surface area contributed by atoms with E-state index in [4.69, 9.17) is 4.74 Å². The first-order valence-corrected chi connectivity index (χ1v) is 9.31. The van der Waals surface area contributed by atoms with E-state index in [0.717, 1.165) is 45.3 Å². The van der Waals surface area contributed by atoms with Gasteiger partial charge in [-0.05, 0) is 37.5 Å². The highest BCUT2D eigenvalue weighted by Crippen LogP contribution is 2.48. The van der Waals surface area contributed by atoms with Crippen LogP contribution in [-0.2, 0) is 4.74 Å². The molecular formula is C19H32N2O2. The Bertz CT molecular complexity index is 476. The SMILES string of the molecule is C=C1CN2C(COC(=O)N3CCC(CC)C3)CCC2(C(C)C)C1. The zero-order valence-corrected chi connectivity index (χ0v) is 15.0. The molecule has 4 nitrogen and oxygen atoms in total. The Balaban J connectivity index is 1.55. The first-order valence-electron chi connectivity index (χ1n) is 9.31. The minimum atomic E-state index is -0.110. The zero-order valence-electron chi connectivity index (χ0n) is 15.0. The average Bonchev–Trinajstić information content (AvgIpc) is 3.18. The maximum Gasteiger partial charge on any atom is 0.409 e. The van der Waals surface area contributed by atoms with E-state index in [0.29, 0.717) is 24.5 Å². The summed E-state index contributed by atoms with van der Waals surface area (Å²) < 4.78 is 5.69. The van der Waals surface area contributed by atoms with E-state index in [2.05, 4.69) is 32.3 Å². The number of carbonyl (C=O) groups excluding carboxylic acids is 1. The van der Waals surface area contributed by atoms with E-state index in [1.807, 2.05) is 4.90 Å². The molecule has 3 aliphatic heterocycles. The van der Waals surface area contributed by atoms with Crippen LogP contribution in [0.5, 0.6) is 0 Å². The standard InChI is InChI=1S/C19H32N2O2/c1-5-16-7-9-20(12-16)18(22)23-13-17-6-8-19(14(2)3)10-15(4)11-21(17)19/h14,16-17H,4-13H2,1-3H3. The molecule has 0 aromatic carbocycles. The lowest BCUT2D eigenvalue weighted by atomic mass is 9.82. The number of ether oxygens (including phenoxy) is 1. The predicted molar refractivity (Wildman–Crippen MR) is 92.4 cm³/mol. The molecular weight excluding hydrogens is 288 g/mol. The van der Waals surface area contributed by atoms with Crippen LogP contribution in [0.15, 0.2) is 12.2 Å². The van der Waals surface area contributed by atoms with Gasteiger partial charge in [0, 0.05) is 31.2 Å². The number of nitrogens with zero attached hydrogens (tertiary/aromatic N) is 2. The second-order valence-corrected chi connectivity index (χ2v) is 8.09. The molecule has 4 heteroatoms. The van der Waals surface area contributed by atoms with Gasteiger partial charge in [0.2, 0.25) is 0 Å². The third-order valence-corrected chi connectivity index (χ3v) is 6.47. The minimum absolute atomic E-state index is 0.110. The molecule has 3 fully saturated rings. The summed E-state index contributed by atoms with van der Waals surface area (Å²) in [5.41, 5.74) is 1.59. The van der Waals surface area contributed by atoms with Gasteiger partial charge in [0.05, 0.1) is 0 Å². The van der Waals surface area contributed by atoms with Gasteiger partial charge in [-0.1, -0.05) is 39.3 Å². The van der Waals surface area contributed by atoms with E-state index < -0.39 is 0 Å². The van der Waals surface area contributed by atoms with Crippen LogP contribution in [0.2, 0.25) is 0 Å². The van der Waals surface area contributed by atoms with Crippen LogP contribution in [0.3, 0.4) is 0 Å². The highest BCUT2D eigenvalue weighted by atomic mass is 16.6. The van der Waals surface area contributed by atoms with E-state index >= 15 is 0 Å². The van der Waals surface area contributed by atoms with Crippen molar-refractivity contribution in [2.75, 3.05) is 26.2 Å². The largest absolute Gasteiger partial charge is 0.448 e. The van der Waals surface area contributed by atoms with Crippen molar-refractivity contribution in [3.63, 3.8) is 0 Å². The zero-order chi connectivity index (χ0) is 16.6. The predicted octanol–water partition coefficient (Wildman–Crippen LogP) is 3.67. The van der Waals surface area contributed by atoms with Crippen LogP contribution in [-0.4, -0.2) is 53.7 Å². The van der Waals surface area contributed by atoms with Gasteiger partial charge in [-0.3, -0.25) is 4.90 Å². The van der Waals surface area contributed by atoms with Crippen molar-refractivity contribution in [2.24, 2.45) is 11.8 Å². The summed E-state index contributed by atoms with van der Waals surface area (Å²) in [6, 6.07) is 0.366. The molecule has 0 aliphatic carbocycles.